The molecule has 7 atom stereocenters. The lowest BCUT2D eigenvalue weighted by Crippen LogP contribution is -2.30. The van der Waals surface area contributed by atoms with Crippen molar-refractivity contribution in [1.82, 2.24) is 0 Å². The number of unbranched alkanes of at least 4 members (excludes halogenated alkanes) is 23. The molecule has 4 unspecified atom stereocenters. The summed E-state index contributed by atoms with van der Waals surface area (Å²) in [6, 6.07) is 0. The highest BCUT2D eigenvalue weighted by atomic mass is 31.2. The molecule has 0 bridgehead atoms. The van der Waals surface area contributed by atoms with Crippen molar-refractivity contribution < 1.29 is 80.2 Å². The Morgan fingerprint density at radius 1 is 0.346 bits per heavy atom. The average Bonchev–Trinajstić information content (AvgIpc) is 3.42. The van der Waals surface area contributed by atoms with Crippen molar-refractivity contribution in [2.45, 2.75) is 311 Å². The summed E-state index contributed by atoms with van der Waals surface area (Å²) in [5, 5.41) is 10.5. The third kappa shape index (κ3) is 54.5. The number of rotatable bonds is 59. The van der Waals surface area contributed by atoms with Gasteiger partial charge in [-0.25, -0.2) is 9.13 Å². The molecule has 19 heteroatoms. The van der Waals surface area contributed by atoms with Gasteiger partial charge in [0, 0.05) is 25.7 Å². The summed E-state index contributed by atoms with van der Waals surface area (Å²) in [6.45, 7) is 13.9. The summed E-state index contributed by atoms with van der Waals surface area (Å²) in [5.74, 6) is 0.720. The van der Waals surface area contributed by atoms with E-state index in [-0.39, 0.29) is 25.7 Å². The number of hydrogen-bond donors (Lipinski definition) is 3. The fraction of sp³-hybridized carbons (Fsp3) is 0.935. The van der Waals surface area contributed by atoms with Crippen LogP contribution >= 0.6 is 15.6 Å². The van der Waals surface area contributed by atoms with Crippen LogP contribution in [-0.2, 0) is 65.4 Å². The molecule has 0 saturated carbocycles. The van der Waals surface area contributed by atoms with Gasteiger partial charge >= 0.3 is 39.5 Å². The molecule has 480 valence electrons. The second kappa shape index (κ2) is 52.4. The van der Waals surface area contributed by atoms with Crippen molar-refractivity contribution in [3.8, 4) is 0 Å². The van der Waals surface area contributed by atoms with Crippen molar-refractivity contribution in [1.29, 1.82) is 0 Å². The monoisotopic (exact) mass is 1200 g/mol. The maximum absolute atomic E-state index is 12.9. The third-order valence-corrected chi connectivity index (χ3v) is 16.7. The number of phosphoric acid groups is 2. The number of aliphatic hydroxyl groups excluding tert-OH is 1. The van der Waals surface area contributed by atoms with E-state index in [0.29, 0.717) is 31.6 Å². The summed E-state index contributed by atoms with van der Waals surface area (Å²) in [5.41, 5.74) is 0. The summed E-state index contributed by atoms with van der Waals surface area (Å²) in [7, 11) is -9.89. The molecule has 17 nitrogen and oxygen atoms in total. The number of hydrogen-bond acceptors (Lipinski definition) is 15. The first kappa shape index (κ1) is 79.1. The van der Waals surface area contributed by atoms with E-state index in [2.05, 4.69) is 55.4 Å². The highest BCUT2D eigenvalue weighted by Crippen LogP contribution is 2.45. The van der Waals surface area contributed by atoms with E-state index >= 15 is 0 Å². The molecule has 0 aromatic heterocycles. The maximum Gasteiger partial charge on any atom is 0.472 e. The zero-order valence-electron chi connectivity index (χ0n) is 52.4. The van der Waals surface area contributed by atoms with Crippen molar-refractivity contribution in [3.63, 3.8) is 0 Å². The summed E-state index contributed by atoms with van der Waals surface area (Å²) in [6.07, 6.45) is 31.0. The third-order valence-electron chi connectivity index (χ3n) is 14.8. The first-order chi connectivity index (χ1) is 38.7. The molecule has 0 amide bonds. The molecule has 0 saturated heterocycles. The summed E-state index contributed by atoms with van der Waals surface area (Å²) >= 11 is 0. The van der Waals surface area contributed by atoms with Crippen LogP contribution in [-0.4, -0.2) is 96.7 Å². The Morgan fingerprint density at radius 2 is 0.593 bits per heavy atom. The molecule has 0 aromatic rings. The molecule has 0 heterocycles. The minimum atomic E-state index is -4.94. The number of carbonyl (C=O) groups is 4. The van der Waals surface area contributed by atoms with Crippen LogP contribution in [0.3, 0.4) is 0 Å². The lowest BCUT2D eigenvalue weighted by Gasteiger charge is -2.21. The van der Waals surface area contributed by atoms with Crippen LogP contribution in [0.4, 0.5) is 0 Å². The fourth-order valence-electron chi connectivity index (χ4n) is 9.01. The normalized spacial score (nSPS) is 15.2. The van der Waals surface area contributed by atoms with E-state index in [1.54, 1.807) is 0 Å². The van der Waals surface area contributed by atoms with E-state index in [9.17, 15) is 43.2 Å². The summed E-state index contributed by atoms with van der Waals surface area (Å²) in [4.78, 5) is 72.1. The van der Waals surface area contributed by atoms with Crippen LogP contribution in [0.5, 0.6) is 0 Å². The Balaban J connectivity index is 5.26. The van der Waals surface area contributed by atoms with Gasteiger partial charge in [-0.3, -0.25) is 37.3 Å². The average molecular weight is 1200 g/mol. The predicted octanol–water partition coefficient (Wildman–Crippen LogP) is 16.6. The predicted molar refractivity (Wildman–Crippen MR) is 321 cm³/mol. The van der Waals surface area contributed by atoms with Gasteiger partial charge in [0.25, 0.3) is 0 Å². The molecule has 0 rings (SSSR count). The van der Waals surface area contributed by atoms with Crippen LogP contribution in [0.25, 0.3) is 0 Å². The van der Waals surface area contributed by atoms with Gasteiger partial charge in [0.05, 0.1) is 26.4 Å². The molecule has 0 aliphatic heterocycles. The van der Waals surface area contributed by atoms with E-state index < -0.39 is 97.5 Å². The molecule has 0 aliphatic carbocycles. The van der Waals surface area contributed by atoms with E-state index in [0.717, 1.165) is 120 Å². The second-order valence-electron chi connectivity index (χ2n) is 23.9. The molecule has 3 N–H and O–H groups in total. The van der Waals surface area contributed by atoms with Crippen LogP contribution < -0.4 is 0 Å². The Kier molecular flexibility index (Phi) is 51.1. The van der Waals surface area contributed by atoms with Gasteiger partial charge in [0.2, 0.25) is 0 Å². The minimum Gasteiger partial charge on any atom is -0.462 e. The van der Waals surface area contributed by atoms with E-state index in [4.69, 9.17) is 37.0 Å². The van der Waals surface area contributed by atoms with Gasteiger partial charge in [-0.2, -0.15) is 0 Å². The quantitative estimate of drug-likeness (QED) is 0.0222. The smallest absolute Gasteiger partial charge is 0.462 e. The Bertz CT molecular complexity index is 1630. The SMILES string of the molecule is CCC(C)CCCCCCCCC(=O)OC[C@H](COP(=O)(O)OC[C@H](O)COP(=O)(O)OC[C@@H](COC(=O)CCCCCCCCC(C)CC)OC(=O)CCCCCCCCC(C)C)OC(=O)CCCCCCCCCCCC(C)C. The Labute approximate surface area is 492 Å². The van der Waals surface area contributed by atoms with Gasteiger partial charge in [-0.1, -0.05) is 242 Å². The number of carbonyl (C=O) groups excluding carboxylic acids is 4. The highest BCUT2D eigenvalue weighted by molar-refractivity contribution is 7.47. The van der Waals surface area contributed by atoms with Crippen LogP contribution in [0.15, 0.2) is 0 Å². The first-order valence-corrected chi connectivity index (χ1v) is 35.3. The molecule has 0 radical (unpaired) electrons. The molecule has 0 spiro atoms. The maximum atomic E-state index is 12.9. The van der Waals surface area contributed by atoms with Crippen LogP contribution in [0.1, 0.15) is 293 Å². The van der Waals surface area contributed by atoms with Crippen molar-refractivity contribution in [2.24, 2.45) is 23.7 Å². The van der Waals surface area contributed by atoms with Gasteiger partial charge < -0.3 is 33.8 Å². The highest BCUT2D eigenvalue weighted by Gasteiger charge is 2.30. The van der Waals surface area contributed by atoms with Gasteiger partial charge in [0.1, 0.15) is 19.3 Å². The Morgan fingerprint density at radius 3 is 0.877 bits per heavy atom. The van der Waals surface area contributed by atoms with Crippen LogP contribution in [0.2, 0.25) is 0 Å². The largest absolute Gasteiger partial charge is 0.472 e. The molecule has 81 heavy (non-hydrogen) atoms. The Hall–Kier alpha value is -1.94. The first-order valence-electron chi connectivity index (χ1n) is 32.3. The molecule has 0 aromatic carbocycles. The molecular weight excluding hydrogens is 1080 g/mol. The number of ether oxygens (including phenoxy) is 4. The number of aliphatic hydroxyl groups is 1. The zero-order chi connectivity index (χ0) is 60.4. The molecule has 0 aliphatic rings. The topological polar surface area (TPSA) is 237 Å². The van der Waals surface area contributed by atoms with E-state index in [1.807, 2.05) is 0 Å². The van der Waals surface area contributed by atoms with Crippen LogP contribution in [0, 0.1) is 23.7 Å². The van der Waals surface area contributed by atoms with Crippen molar-refractivity contribution in [2.75, 3.05) is 39.6 Å². The minimum absolute atomic E-state index is 0.100. The number of esters is 4. The standard InChI is InChI=1S/C62H120O17P2/c1-9-54(7)40-32-24-17-20-26-34-42-59(64)72-48-57(78-61(66)44-36-28-15-13-11-12-14-22-30-38-52(3)4)50-76-80(68,69)74-46-56(63)47-75-81(70,71)77-51-58(79-62(67)45-37-29-19-16-23-31-39-53(5)6)49-73-60(65)43-35-27-21-18-25-33-41-55(8)10-2/h52-58,63H,9-51H2,1-8H3,(H,68,69)(H,70,71)/t54?,55?,56-,57+,58+/m0/s1. The zero-order valence-corrected chi connectivity index (χ0v) is 54.2. The fourth-order valence-corrected chi connectivity index (χ4v) is 10.6. The van der Waals surface area contributed by atoms with Crippen molar-refractivity contribution in [3.05, 3.63) is 0 Å². The number of phosphoric ester groups is 2. The van der Waals surface area contributed by atoms with E-state index in [1.165, 1.54) is 83.5 Å². The lowest BCUT2D eigenvalue weighted by atomic mass is 10.00. The van der Waals surface area contributed by atoms with Crippen molar-refractivity contribution >= 4 is 39.5 Å². The summed E-state index contributed by atoms with van der Waals surface area (Å²) < 4.78 is 67.9. The van der Waals surface area contributed by atoms with Gasteiger partial charge in [0.15, 0.2) is 12.2 Å². The lowest BCUT2D eigenvalue weighted by molar-refractivity contribution is -0.161. The second-order valence-corrected chi connectivity index (χ2v) is 26.8. The van der Waals surface area contributed by atoms with Gasteiger partial charge in [-0.15, -0.1) is 0 Å². The van der Waals surface area contributed by atoms with Gasteiger partial charge in [-0.05, 0) is 49.4 Å². The molecule has 0 fully saturated rings. The molecular formula is C62H120O17P2.